The van der Waals surface area contributed by atoms with Crippen LogP contribution in [0.2, 0.25) is 10.0 Å². The summed E-state index contributed by atoms with van der Waals surface area (Å²) in [5, 5.41) is 22.4. The van der Waals surface area contributed by atoms with E-state index in [0.717, 1.165) is 5.56 Å². The van der Waals surface area contributed by atoms with Gasteiger partial charge in [-0.15, -0.1) is 0 Å². The monoisotopic (exact) mass is 455 g/mol. The van der Waals surface area contributed by atoms with Gasteiger partial charge in [0, 0.05) is 36.0 Å². The van der Waals surface area contributed by atoms with Crippen molar-refractivity contribution in [3.05, 3.63) is 82.2 Å². The number of carbonyl (C=O) groups excluding carboxylic acids is 2. The third-order valence-corrected chi connectivity index (χ3v) is 5.27. The first kappa shape index (κ1) is 20.7. The van der Waals surface area contributed by atoms with Crippen LogP contribution in [0.5, 0.6) is 11.5 Å². The van der Waals surface area contributed by atoms with Crippen molar-refractivity contribution in [2.24, 2.45) is 0 Å². The number of anilines is 1. The highest BCUT2D eigenvalue weighted by atomic mass is 35.5. The van der Waals surface area contributed by atoms with Gasteiger partial charge in [-0.05, 0) is 35.9 Å². The van der Waals surface area contributed by atoms with E-state index in [-0.39, 0.29) is 32.8 Å². The summed E-state index contributed by atoms with van der Waals surface area (Å²) in [5.74, 6) is -1.64. The van der Waals surface area contributed by atoms with Crippen LogP contribution >= 0.6 is 23.2 Å². The summed E-state index contributed by atoms with van der Waals surface area (Å²) in [5.41, 5.74) is 1.74. The van der Waals surface area contributed by atoms with E-state index in [1.807, 2.05) is 0 Å². The number of aromatic nitrogens is 2. The molecule has 0 bridgehead atoms. The lowest BCUT2D eigenvalue weighted by atomic mass is 10.1. The van der Waals surface area contributed by atoms with E-state index in [4.69, 9.17) is 23.2 Å². The SMILES string of the molecule is O=C(Nc1c(Cl)cncc1Cl)C(=O)c1cn(Cc2ccc(O)cc2)c2ccc(O)cc12. The van der Waals surface area contributed by atoms with Crippen molar-refractivity contribution in [2.75, 3.05) is 5.32 Å². The molecule has 156 valence electrons. The molecule has 0 spiro atoms. The predicted octanol–water partition coefficient (Wildman–Crippen LogP) is 4.62. The third kappa shape index (κ3) is 4.19. The fourth-order valence-electron chi connectivity index (χ4n) is 3.22. The Balaban J connectivity index is 1.71. The average molecular weight is 456 g/mol. The van der Waals surface area contributed by atoms with Gasteiger partial charge in [0.05, 0.1) is 21.3 Å². The fourth-order valence-corrected chi connectivity index (χ4v) is 3.68. The van der Waals surface area contributed by atoms with Gasteiger partial charge in [0.2, 0.25) is 0 Å². The number of pyridine rings is 1. The molecule has 2 aromatic heterocycles. The van der Waals surface area contributed by atoms with Crippen LogP contribution in [0.3, 0.4) is 0 Å². The molecular formula is C22H15Cl2N3O4. The zero-order valence-electron chi connectivity index (χ0n) is 15.8. The summed E-state index contributed by atoms with van der Waals surface area (Å²) in [7, 11) is 0. The summed E-state index contributed by atoms with van der Waals surface area (Å²) < 4.78 is 1.79. The minimum Gasteiger partial charge on any atom is -0.508 e. The highest BCUT2D eigenvalue weighted by Gasteiger charge is 2.23. The van der Waals surface area contributed by atoms with E-state index < -0.39 is 11.7 Å². The molecule has 0 atom stereocenters. The van der Waals surface area contributed by atoms with Crippen molar-refractivity contribution < 1.29 is 19.8 Å². The smallest absolute Gasteiger partial charge is 0.296 e. The van der Waals surface area contributed by atoms with Crippen molar-refractivity contribution in [1.82, 2.24) is 9.55 Å². The molecule has 0 unspecified atom stereocenters. The van der Waals surface area contributed by atoms with Crippen LogP contribution < -0.4 is 5.32 Å². The van der Waals surface area contributed by atoms with Crippen molar-refractivity contribution in [2.45, 2.75) is 6.54 Å². The third-order valence-electron chi connectivity index (χ3n) is 4.70. The second-order valence-electron chi connectivity index (χ2n) is 6.80. The predicted molar refractivity (Wildman–Crippen MR) is 118 cm³/mol. The minimum atomic E-state index is -0.929. The van der Waals surface area contributed by atoms with E-state index in [9.17, 15) is 19.8 Å². The molecule has 0 saturated heterocycles. The number of rotatable bonds is 5. The number of carbonyl (C=O) groups is 2. The quantitative estimate of drug-likeness (QED) is 0.300. The molecule has 31 heavy (non-hydrogen) atoms. The van der Waals surface area contributed by atoms with Crippen LogP contribution in [0, 0.1) is 0 Å². The first-order chi connectivity index (χ1) is 14.8. The Morgan fingerprint density at radius 3 is 2.29 bits per heavy atom. The number of aromatic hydroxyl groups is 2. The minimum absolute atomic E-state index is 0.0374. The van der Waals surface area contributed by atoms with Gasteiger partial charge in [0.25, 0.3) is 11.7 Å². The second-order valence-corrected chi connectivity index (χ2v) is 7.61. The molecule has 0 aliphatic heterocycles. The summed E-state index contributed by atoms with van der Waals surface area (Å²) in [6, 6.07) is 11.2. The van der Waals surface area contributed by atoms with Crippen LogP contribution in [-0.2, 0) is 11.3 Å². The highest BCUT2D eigenvalue weighted by molar-refractivity contribution is 6.50. The molecule has 0 aliphatic rings. The highest BCUT2D eigenvalue weighted by Crippen LogP contribution is 2.30. The first-order valence-electron chi connectivity index (χ1n) is 9.08. The van der Waals surface area contributed by atoms with Crippen LogP contribution in [0.15, 0.2) is 61.1 Å². The average Bonchev–Trinajstić information content (AvgIpc) is 3.09. The maximum Gasteiger partial charge on any atom is 0.296 e. The Hall–Kier alpha value is -3.55. The number of hydrogen-bond acceptors (Lipinski definition) is 5. The first-order valence-corrected chi connectivity index (χ1v) is 9.83. The number of nitrogens with zero attached hydrogens (tertiary/aromatic N) is 2. The molecular weight excluding hydrogens is 441 g/mol. The van der Waals surface area contributed by atoms with Crippen LogP contribution in [0.4, 0.5) is 5.69 Å². The van der Waals surface area contributed by atoms with E-state index in [2.05, 4.69) is 10.3 Å². The summed E-state index contributed by atoms with van der Waals surface area (Å²) in [4.78, 5) is 29.4. The molecule has 1 amide bonds. The van der Waals surface area contributed by atoms with Gasteiger partial charge < -0.3 is 20.1 Å². The number of fused-ring (bicyclic) bond motifs is 1. The largest absolute Gasteiger partial charge is 0.508 e. The topological polar surface area (TPSA) is 104 Å². The van der Waals surface area contributed by atoms with E-state index in [0.29, 0.717) is 17.4 Å². The van der Waals surface area contributed by atoms with Gasteiger partial charge in [-0.2, -0.15) is 0 Å². The Morgan fingerprint density at radius 2 is 1.61 bits per heavy atom. The molecule has 2 heterocycles. The summed E-state index contributed by atoms with van der Waals surface area (Å²) in [6.07, 6.45) is 4.15. The maximum absolute atomic E-state index is 13.0. The normalized spacial score (nSPS) is 10.9. The number of benzene rings is 2. The number of Topliss-reactive ketones (excluding diaryl/α,β-unsaturated/α-hetero) is 1. The molecule has 0 fully saturated rings. The van der Waals surface area contributed by atoms with Crippen LogP contribution in [0.25, 0.3) is 10.9 Å². The van der Waals surface area contributed by atoms with Gasteiger partial charge in [-0.3, -0.25) is 14.6 Å². The van der Waals surface area contributed by atoms with E-state index in [1.165, 1.54) is 24.5 Å². The van der Waals surface area contributed by atoms with Crippen molar-refractivity contribution >= 4 is 51.5 Å². The maximum atomic E-state index is 13.0. The van der Waals surface area contributed by atoms with Gasteiger partial charge in [0.1, 0.15) is 11.5 Å². The molecule has 3 N–H and O–H groups in total. The van der Waals surface area contributed by atoms with Gasteiger partial charge in [-0.25, -0.2) is 0 Å². The zero-order valence-corrected chi connectivity index (χ0v) is 17.4. The molecule has 0 saturated carbocycles. The molecule has 0 radical (unpaired) electrons. The number of halogens is 2. The van der Waals surface area contributed by atoms with Crippen LogP contribution in [0.1, 0.15) is 15.9 Å². The number of amides is 1. The van der Waals surface area contributed by atoms with Crippen molar-refractivity contribution in [3.8, 4) is 11.5 Å². The standard InChI is InChI=1S/C22H15Cl2N3O4/c23-17-8-25-9-18(24)20(17)26-22(31)21(30)16-11-27(10-12-1-3-13(28)4-2-12)19-6-5-14(29)7-15(16)19/h1-9,11,28-29H,10H2,(H,25,26,31). The zero-order chi connectivity index (χ0) is 22.1. The Labute approximate surface area is 186 Å². The molecule has 4 aromatic rings. The molecule has 0 aliphatic carbocycles. The number of ketones is 1. The number of phenolic OH excluding ortho intramolecular Hbond substituents is 2. The second kappa shape index (κ2) is 8.29. The number of hydrogen-bond donors (Lipinski definition) is 3. The van der Waals surface area contributed by atoms with Gasteiger partial charge >= 0.3 is 0 Å². The number of nitrogens with one attached hydrogen (secondary N) is 1. The van der Waals surface area contributed by atoms with Crippen LogP contribution in [-0.4, -0.2) is 31.5 Å². The molecule has 4 rings (SSSR count). The summed E-state index contributed by atoms with van der Waals surface area (Å²) >= 11 is 12.0. The fraction of sp³-hybridized carbons (Fsp3) is 0.0455. The lowest BCUT2D eigenvalue weighted by Gasteiger charge is -2.07. The molecule has 7 nitrogen and oxygen atoms in total. The lowest BCUT2D eigenvalue weighted by molar-refractivity contribution is -0.112. The van der Waals surface area contributed by atoms with E-state index in [1.54, 1.807) is 41.1 Å². The van der Waals surface area contributed by atoms with Gasteiger partial charge in [-0.1, -0.05) is 35.3 Å². The Kier molecular flexibility index (Phi) is 5.54. The molecule has 2 aromatic carbocycles. The lowest BCUT2D eigenvalue weighted by Crippen LogP contribution is -2.23. The molecule has 9 heteroatoms. The Bertz CT molecular complexity index is 1300. The van der Waals surface area contributed by atoms with Crippen molar-refractivity contribution in [3.63, 3.8) is 0 Å². The van der Waals surface area contributed by atoms with E-state index >= 15 is 0 Å². The number of phenols is 2. The summed E-state index contributed by atoms with van der Waals surface area (Å²) in [6.45, 7) is 0.387. The van der Waals surface area contributed by atoms with Gasteiger partial charge in [0.15, 0.2) is 0 Å². The Morgan fingerprint density at radius 1 is 0.968 bits per heavy atom. The van der Waals surface area contributed by atoms with Crippen molar-refractivity contribution in [1.29, 1.82) is 0 Å².